The summed E-state index contributed by atoms with van der Waals surface area (Å²) in [7, 11) is 1.27. The summed E-state index contributed by atoms with van der Waals surface area (Å²) < 4.78 is 4.63. The highest BCUT2D eigenvalue weighted by Gasteiger charge is 2.24. The molecule has 0 bridgehead atoms. The van der Waals surface area contributed by atoms with E-state index in [-0.39, 0.29) is 16.1 Å². The Balaban J connectivity index is 2.89. The molecule has 0 aliphatic heterocycles. The van der Waals surface area contributed by atoms with E-state index in [9.17, 15) is 9.59 Å². The second-order valence-electron chi connectivity index (χ2n) is 4.87. The van der Waals surface area contributed by atoms with Crippen LogP contribution in [0.2, 0.25) is 0 Å². The molecular weight excluding hydrogens is 278 g/mol. The van der Waals surface area contributed by atoms with Crippen LogP contribution in [0.5, 0.6) is 0 Å². The van der Waals surface area contributed by atoms with Crippen molar-refractivity contribution in [2.45, 2.75) is 26.7 Å². The topological polar surface area (TPSA) is 107 Å². The number of nitrogens with one attached hydrogen (secondary N) is 1. The molecule has 0 radical (unpaired) electrons. The summed E-state index contributed by atoms with van der Waals surface area (Å²) in [4.78, 5) is 23.2. The molecule has 1 rings (SSSR count). The smallest absolute Gasteiger partial charge is 0.350 e. The minimum atomic E-state index is -0.653. The second-order valence-corrected chi connectivity index (χ2v) is 5.89. The molecule has 1 heterocycles. The molecule has 6 nitrogen and oxygen atoms in total. The highest BCUT2D eigenvalue weighted by atomic mass is 32.1. The molecule has 0 aliphatic carbocycles. The standard InChI is InChI=1S/C13H21N3O3S/c1-7(2)5-4-6-16-12-8(11(15)17)9(14)10(20-12)13(18)19-3/h7,16H,4-6,14H2,1-3H3,(H2,15,17). The van der Waals surface area contributed by atoms with E-state index in [2.05, 4.69) is 23.9 Å². The Morgan fingerprint density at radius 1 is 1.40 bits per heavy atom. The average molecular weight is 299 g/mol. The van der Waals surface area contributed by atoms with Crippen molar-refractivity contribution in [1.82, 2.24) is 0 Å². The third kappa shape index (κ3) is 3.86. The van der Waals surface area contributed by atoms with Gasteiger partial charge in [-0.3, -0.25) is 4.79 Å². The lowest BCUT2D eigenvalue weighted by atomic mass is 10.1. The maximum atomic E-state index is 11.6. The first-order chi connectivity index (χ1) is 9.38. The van der Waals surface area contributed by atoms with E-state index >= 15 is 0 Å². The summed E-state index contributed by atoms with van der Waals surface area (Å²) >= 11 is 1.09. The first kappa shape index (κ1) is 16.3. The summed E-state index contributed by atoms with van der Waals surface area (Å²) in [6, 6.07) is 0. The largest absolute Gasteiger partial charge is 0.465 e. The van der Waals surface area contributed by atoms with Crippen molar-refractivity contribution in [2.75, 3.05) is 24.7 Å². The number of anilines is 2. The van der Waals surface area contributed by atoms with Crippen LogP contribution in [0.1, 0.15) is 46.7 Å². The Morgan fingerprint density at radius 2 is 2.05 bits per heavy atom. The van der Waals surface area contributed by atoms with Crippen LogP contribution in [-0.2, 0) is 4.74 Å². The Hall–Kier alpha value is -1.76. The van der Waals surface area contributed by atoms with Crippen LogP contribution in [0.15, 0.2) is 0 Å². The summed E-state index contributed by atoms with van der Waals surface area (Å²) in [5.41, 5.74) is 11.4. The van der Waals surface area contributed by atoms with Crippen LogP contribution in [-0.4, -0.2) is 25.5 Å². The predicted molar refractivity (Wildman–Crippen MR) is 81.2 cm³/mol. The quantitative estimate of drug-likeness (QED) is 0.527. The van der Waals surface area contributed by atoms with E-state index < -0.39 is 11.9 Å². The summed E-state index contributed by atoms with van der Waals surface area (Å²) in [5.74, 6) is -0.600. The molecule has 7 heteroatoms. The second kappa shape index (κ2) is 7.14. The first-order valence-corrected chi connectivity index (χ1v) is 7.24. The summed E-state index contributed by atoms with van der Waals surface area (Å²) in [5, 5.41) is 3.65. The molecule has 0 fully saturated rings. The van der Waals surface area contributed by atoms with E-state index in [0.717, 1.165) is 24.2 Å². The normalized spacial score (nSPS) is 10.6. The van der Waals surface area contributed by atoms with Gasteiger partial charge in [0.05, 0.1) is 18.4 Å². The number of hydrogen-bond donors (Lipinski definition) is 3. The zero-order chi connectivity index (χ0) is 15.3. The van der Waals surface area contributed by atoms with Gasteiger partial charge in [0, 0.05) is 6.54 Å². The van der Waals surface area contributed by atoms with E-state index in [1.165, 1.54) is 7.11 Å². The average Bonchev–Trinajstić information content (AvgIpc) is 2.70. The molecule has 5 N–H and O–H groups in total. The summed E-state index contributed by atoms with van der Waals surface area (Å²) in [6.07, 6.45) is 2.03. The van der Waals surface area contributed by atoms with E-state index in [0.29, 0.717) is 17.5 Å². The number of esters is 1. The number of thiophene rings is 1. The number of carbonyl (C=O) groups is 2. The van der Waals surface area contributed by atoms with Crippen molar-refractivity contribution in [2.24, 2.45) is 11.7 Å². The van der Waals surface area contributed by atoms with Gasteiger partial charge in [-0.05, 0) is 18.8 Å². The lowest BCUT2D eigenvalue weighted by Gasteiger charge is -2.07. The van der Waals surface area contributed by atoms with Gasteiger partial charge < -0.3 is 21.5 Å². The number of ether oxygens (including phenoxy) is 1. The van der Waals surface area contributed by atoms with Crippen molar-refractivity contribution in [1.29, 1.82) is 0 Å². The fraction of sp³-hybridized carbons (Fsp3) is 0.538. The monoisotopic (exact) mass is 299 g/mol. The fourth-order valence-electron chi connectivity index (χ4n) is 1.77. The lowest BCUT2D eigenvalue weighted by Crippen LogP contribution is -2.15. The van der Waals surface area contributed by atoms with Gasteiger partial charge in [0.2, 0.25) is 0 Å². The zero-order valence-corrected chi connectivity index (χ0v) is 12.8. The molecule has 1 aromatic rings. The molecule has 1 aromatic heterocycles. The highest BCUT2D eigenvalue weighted by Crippen LogP contribution is 2.35. The van der Waals surface area contributed by atoms with E-state index in [1.807, 2.05) is 0 Å². The van der Waals surface area contributed by atoms with Crippen LogP contribution in [0.4, 0.5) is 10.7 Å². The lowest BCUT2D eigenvalue weighted by molar-refractivity contribution is 0.0607. The number of rotatable bonds is 7. The Kier molecular flexibility index (Phi) is 5.82. The van der Waals surface area contributed by atoms with Gasteiger partial charge in [0.1, 0.15) is 9.88 Å². The number of primary amides is 1. The van der Waals surface area contributed by atoms with Crippen molar-refractivity contribution in [3.05, 3.63) is 10.4 Å². The Morgan fingerprint density at radius 3 is 2.55 bits per heavy atom. The van der Waals surface area contributed by atoms with Crippen molar-refractivity contribution < 1.29 is 14.3 Å². The van der Waals surface area contributed by atoms with Gasteiger partial charge >= 0.3 is 5.97 Å². The van der Waals surface area contributed by atoms with E-state index in [4.69, 9.17) is 11.5 Å². The SMILES string of the molecule is COC(=O)c1sc(NCCCC(C)C)c(C(N)=O)c1N. The third-order valence-corrected chi connectivity index (χ3v) is 3.95. The number of methoxy groups -OCH3 is 1. The molecule has 20 heavy (non-hydrogen) atoms. The molecule has 0 unspecified atom stereocenters. The van der Waals surface area contributed by atoms with Gasteiger partial charge in [0.15, 0.2) is 0 Å². The molecule has 0 atom stereocenters. The highest BCUT2D eigenvalue weighted by molar-refractivity contribution is 7.19. The van der Waals surface area contributed by atoms with Crippen LogP contribution in [0, 0.1) is 5.92 Å². The van der Waals surface area contributed by atoms with Crippen molar-refractivity contribution >= 4 is 33.9 Å². The van der Waals surface area contributed by atoms with Crippen LogP contribution < -0.4 is 16.8 Å². The first-order valence-electron chi connectivity index (χ1n) is 6.42. The van der Waals surface area contributed by atoms with Crippen LogP contribution in [0.25, 0.3) is 0 Å². The molecule has 1 amide bonds. The summed E-state index contributed by atoms with van der Waals surface area (Å²) in [6.45, 7) is 4.99. The molecule has 0 saturated heterocycles. The molecular formula is C13H21N3O3S. The van der Waals surface area contributed by atoms with Crippen LogP contribution >= 0.6 is 11.3 Å². The van der Waals surface area contributed by atoms with Gasteiger partial charge in [-0.1, -0.05) is 13.8 Å². The Bertz CT molecular complexity index is 497. The number of nitrogen functional groups attached to an aromatic ring is 1. The minimum Gasteiger partial charge on any atom is -0.465 e. The minimum absolute atomic E-state index is 0.0840. The molecule has 0 spiro atoms. The van der Waals surface area contributed by atoms with Gasteiger partial charge in [0.25, 0.3) is 5.91 Å². The fourth-order valence-corrected chi connectivity index (χ4v) is 2.84. The van der Waals surface area contributed by atoms with Crippen LogP contribution in [0.3, 0.4) is 0 Å². The molecule has 0 aromatic carbocycles. The third-order valence-electron chi connectivity index (χ3n) is 2.81. The molecule has 0 aliphatic rings. The van der Waals surface area contributed by atoms with Gasteiger partial charge in [-0.2, -0.15) is 0 Å². The molecule has 112 valence electrons. The maximum Gasteiger partial charge on any atom is 0.350 e. The maximum absolute atomic E-state index is 11.6. The van der Waals surface area contributed by atoms with Crippen molar-refractivity contribution in [3.63, 3.8) is 0 Å². The zero-order valence-electron chi connectivity index (χ0n) is 12.0. The Labute approximate surface area is 122 Å². The van der Waals surface area contributed by atoms with Gasteiger partial charge in [-0.25, -0.2) is 4.79 Å². The number of hydrogen-bond acceptors (Lipinski definition) is 6. The molecule has 0 saturated carbocycles. The van der Waals surface area contributed by atoms with Gasteiger partial charge in [-0.15, -0.1) is 11.3 Å². The van der Waals surface area contributed by atoms with E-state index in [1.54, 1.807) is 0 Å². The predicted octanol–water partition coefficient (Wildman–Crippen LogP) is 2.06. The number of nitrogens with two attached hydrogens (primary N) is 2. The van der Waals surface area contributed by atoms with Crippen molar-refractivity contribution in [3.8, 4) is 0 Å². The number of amides is 1. The number of carbonyl (C=O) groups excluding carboxylic acids is 2.